The molecule has 29 heavy (non-hydrogen) atoms. The van der Waals surface area contributed by atoms with Crippen LogP contribution in [0.2, 0.25) is 0 Å². The molecule has 1 fully saturated rings. The van der Waals surface area contributed by atoms with Crippen LogP contribution in [0.3, 0.4) is 0 Å². The van der Waals surface area contributed by atoms with E-state index in [0.29, 0.717) is 23.0 Å². The maximum Gasteiger partial charge on any atom is 0.274 e. The third kappa shape index (κ3) is 4.14. The van der Waals surface area contributed by atoms with Crippen LogP contribution in [-0.2, 0) is 0 Å². The van der Waals surface area contributed by atoms with Crippen molar-refractivity contribution >= 4 is 28.3 Å². The lowest BCUT2D eigenvalue weighted by molar-refractivity contribution is 0.0696. The molecule has 0 radical (unpaired) electrons. The lowest BCUT2D eigenvalue weighted by Crippen LogP contribution is -2.38. The van der Waals surface area contributed by atoms with Crippen LogP contribution in [0.15, 0.2) is 60.8 Å². The highest BCUT2D eigenvalue weighted by Gasteiger charge is 2.23. The molecule has 5 nitrogen and oxygen atoms in total. The lowest BCUT2D eigenvalue weighted by Gasteiger charge is -2.31. The predicted molar refractivity (Wildman–Crippen MR) is 115 cm³/mol. The summed E-state index contributed by atoms with van der Waals surface area (Å²) in [7, 11) is 1.89. The van der Waals surface area contributed by atoms with Crippen molar-refractivity contribution in [3.05, 3.63) is 72.1 Å². The second-order valence-electron chi connectivity index (χ2n) is 7.62. The molecule has 0 atom stereocenters. The van der Waals surface area contributed by atoms with Gasteiger partial charge in [-0.1, -0.05) is 43.5 Å². The van der Waals surface area contributed by atoms with Crippen molar-refractivity contribution in [2.75, 3.05) is 12.4 Å². The maximum absolute atomic E-state index is 12.8. The van der Waals surface area contributed by atoms with Crippen LogP contribution in [0.4, 0.5) is 5.69 Å². The standard InChI is InChI=1S/C24H25N3O2/c1-27(20-8-3-2-4-9-20)24(29)18-11-13-19(14-12-18)26-23(28)22-21-10-6-5-7-17(21)15-16-25-22/h5-7,10-16,20H,2-4,8-9H2,1H3,(H,26,28). The molecule has 0 aliphatic heterocycles. The Morgan fingerprint density at radius 2 is 1.69 bits per heavy atom. The van der Waals surface area contributed by atoms with E-state index >= 15 is 0 Å². The highest BCUT2D eigenvalue weighted by atomic mass is 16.2. The van der Waals surface area contributed by atoms with Crippen LogP contribution in [-0.4, -0.2) is 34.8 Å². The highest BCUT2D eigenvalue weighted by molar-refractivity contribution is 6.11. The van der Waals surface area contributed by atoms with Gasteiger partial charge >= 0.3 is 0 Å². The molecule has 2 aromatic carbocycles. The topological polar surface area (TPSA) is 62.3 Å². The Morgan fingerprint density at radius 1 is 0.966 bits per heavy atom. The number of carbonyl (C=O) groups is 2. The number of rotatable bonds is 4. The molecule has 1 heterocycles. The fraction of sp³-hybridized carbons (Fsp3) is 0.292. The molecule has 148 valence electrons. The molecule has 1 aliphatic carbocycles. The van der Waals surface area contributed by atoms with Crippen LogP contribution in [0, 0.1) is 0 Å². The number of carbonyl (C=O) groups excluding carboxylic acids is 2. The average Bonchev–Trinajstić information content (AvgIpc) is 2.78. The van der Waals surface area contributed by atoms with Gasteiger partial charge < -0.3 is 10.2 Å². The monoisotopic (exact) mass is 387 g/mol. The largest absolute Gasteiger partial charge is 0.339 e. The Morgan fingerprint density at radius 3 is 2.45 bits per heavy atom. The fourth-order valence-corrected chi connectivity index (χ4v) is 4.02. The molecule has 0 bridgehead atoms. The summed E-state index contributed by atoms with van der Waals surface area (Å²) in [6.45, 7) is 0. The molecule has 1 N–H and O–H groups in total. The zero-order chi connectivity index (χ0) is 20.2. The first kappa shape index (κ1) is 19.1. The van der Waals surface area contributed by atoms with E-state index in [1.54, 1.807) is 30.5 Å². The van der Waals surface area contributed by atoms with E-state index in [9.17, 15) is 9.59 Å². The van der Waals surface area contributed by atoms with Gasteiger partial charge in [0.15, 0.2) is 0 Å². The van der Waals surface area contributed by atoms with E-state index in [2.05, 4.69) is 10.3 Å². The van der Waals surface area contributed by atoms with Gasteiger partial charge in [0, 0.05) is 35.9 Å². The summed E-state index contributed by atoms with van der Waals surface area (Å²) in [4.78, 5) is 31.6. The number of fused-ring (bicyclic) bond motifs is 1. The Kier molecular flexibility index (Phi) is 5.56. The van der Waals surface area contributed by atoms with Crippen LogP contribution >= 0.6 is 0 Å². The number of nitrogens with one attached hydrogen (secondary N) is 1. The average molecular weight is 387 g/mol. The van der Waals surface area contributed by atoms with E-state index in [0.717, 1.165) is 23.6 Å². The number of aromatic nitrogens is 1. The predicted octanol–water partition coefficient (Wildman–Crippen LogP) is 4.89. The van der Waals surface area contributed by atoms with E-state index in [1.165, 1.54) is 19.3 Å². The molecule has 1 aliphatic rings. The summed E-state index contributed by atoms with van der Waals surface area (Å²) in [5.41, 5.74) is 1.67. The van der Waals surface area contributed by atoms with Gasteiger partial charge in [-0.05, 0) is 48.6 Å². The van der Waals surface area contributed by atoms with Gasteiger partial charge in [0.1, 0.15) is 5.69 Å². The summed E-state index contributed by atoms with van der Waals surface area (Å²) in [5.74, 6) is -0.231. The number of amides is 2. The van der Waals surface area contributed by atoms with Crippen LogP contribution in [0.1, 0.15) is 53.0 Å². The summed E-state index contributed by atoms with van der Waals surface area (Å²) >= 11 is 0. The molecule has 2 amide bonds. The molecule has 0 saturated heterocycles. The Hall–Kier alpha value is -3.21. The van der Waals surface area contributed by atoms with Crippen LogP contribution < -0.4 is 5.32 Å². The van der Waals surface area contributed by atoms with Gasteiger partial charge in [-0.25, -0.2) is 0 Å². The maximum atomic E-state index is 12.8. The highest BCUT2D eigenvalue weighted by Crippen LogP contribution is 2.23. The molecular formula is C24H25N3O2. The summed E-state index contributed by atoms with van der Waals surface area (Å²) in [6, 6.07) is 17.0. The van der Waals surface area contributed by atoms with Crippen LogP contribution in [0.25, 0.3) is 10.8 Å². The van der Waals surface area contributed by atoms with Crippen molar-refractivity contribution < 1.29 is 9.59 Å². The first-order chi connectivity index (χ1) is 14.1. The molecule has 1 aromatic heterocycles. The smallest absolute Gasteiger partial charge is 0.274 e. The molecular weight excluding hydrogens is 362 g/mol. The molecule has 1 saturated carbocycles. The molecule has 5 heteroatoms. The zero-order valence-corrected chi connectivity index (χ0v) is 16.6. The summed E-state index contributed by atoms with van der Waals surface area (Å²) in [6.07, 6.45) is 7.44. The molecule has 4 rings (SSSR count). The quantitative estimate of drug-likeness (QED) is 0.693. The minimum atomic E-state index is -0.264. The van der Waals surface area contributed by atoms with Crippen molar-refractivity contribution in [1.29, 1.82) is 0 Å². The molecule has 0 unspecified atom stereocenters. The van der Waals surface area contributed by atoms with Gasteiger partial charge in [-0.15, -0.1) is 0 Å². The van der Waals surface area contributed by atoms with E-state index < -0.39 is 0 Å². The third-order valence-corrected chi connectivity index (χ3v) is 5.72. The van der Waals surface area contributed by atoms with Gasteiger partial charge in [0.2, 0.25) is 0 Å². The number of nitrogens with zero attached hydrogens (tertiary/aromatic N) is 2. The SMILES string of the molecule is CN(C(=O)c1ccc(NC(=O)c2nccc3ccccc23)cc1)C1CCCCC1. The van der Waals surface area contributed by atoms with Crippen LogP contribution in [0.5, 0.6) is 0 Å². The van der Waals surface area contributed by atoms with Crippen molar-refractivity contribution in [3.63, 3.8) is 0 Å². The van der Waals surface area contributed by atoms with Gasteiger partial charge in [-0.2, -0.15) is 0 Å². The number of anilines is 1. The second-order valence-corrected chi connectivity index (χ2v) is 7.62. The molecule has 3 aromatic rings. The lowest BCUT2D eigenvalue weighted by atomic mass is 9.94. The normalized spacial score (nSPS) is 14.5. The van der Waals surface area contributed by atoms with Crippen molar-refractivity contribution in [3.8, 4) is 0 Å². The second kappa shape index (κ2) is 8.43. The summed E-state index contributed by atoms with van der Waals surface area (Å²) in [5, 5.41) is 4.67. The van der Waals surface area contributed by atoms with Gasteiger partial charge in [0.05, 0.1) is 0 Å². The summed E-state index contributed by atoms with van der Waals surface area (Å²) < 4.78 is 0. The Labute approximate surface area is 170 Å². The van der Waals surface area contributed by atoms with Crippen molar-refractivity contribution in [1.82, 2.24) is 9.88 Å². The molecule has 0 spiro atoms. The fourth-order valence-electron chi connectivity index (χ4n) is 4.02. The van der Waals surface area contributed by atoms with E-state index in [4.69, 9.17) is 0 Å². The minimum absolute atomic E-state index is 0.0329. The number of pyridine rings is 1. The van der Waals surface area contributed by atoms with Gasteiger partial charge in [0.25, 0.3) is 11.8 Å². The third-order valence-electron chi connectivity index (χ3n) is 5.72. The van der Waals surface area contributed by atoms with Crippen molar-refractivity contribution in [2.45, 2.75) is 38.1 Å². The van der Waals surface area contributed by atoms with E-state index in [-0.39, 0.29) is 11.8 Å². The Balaban J connectivity index is 1.46. The minimum Gasteiger partial charge on any atom is -0.339 e. The zero-order valence-electron chi connectivity index (χ0n) is 16.6. The van der Waals surface area contributed by atoms with Crippen molar-refractivity contribution in [2.24, 2.45) is 0 Å². The number of benzene rings is 2. The van der Waals surface area contributed by atoms with E-state index in [1.807, 2.05) is 42.3 Å². The Bertz CT molecular complexity index is 1020. The first-order valence-corrected chi connectivity index (χ1v) is 10.2. The number of hydrogen-bond acceptors (Lipinski definition) is 3. The first-order valence-electron chi connectivity index (χ1n) is 10.2. The van der Waals surface area contributed by atoms with Gasteiger partial charge in [-0.3, -0.25) is 14.6 Å². The number of hydrogen-bond donors (Lipinski definition) is 1.